The van der Waals surface area contributed by atoms with E-state index in [-0.39, 0.29) is 4.32 Å². The molecule has 0 nitrogen and oxygen atoms in total. The average Bonchev–Trinajstić information content (AvgIpc) is 2.00. The topological polar surface area (TPSA) is 0 Å². The highest BCUT2D eigenvalue weighted by atomic mass is 79.9. The third kappa shape index (κ3) is 4.12. The summed E-state index contributed by atoms with van der Waals surface area (Å²) < 4.78 is 1.28. The minimum Gasteiger partial charge on any atom is -0.0876 e. The van der Waals surface area contributed by atoms with Gasteiger partial charge < -0.3 is 0 Å². The largest absolute Gasteiger partial charge is 0.0876 e. The zero-order valence-electron chi connectivity index (χ0n) is 7.20. The number of hydrogen-bond donors (Lipinski definition) is 0. The molecule has 0 amide bonds. The van der Waals surface area contributed by atoms with Gasteiger partial charge in [-0.25, -0.2) is 0 Å². The Hall–Kier alpha value is 0.440. The van der Waals surface area contributed by atoms with E-state index in [0.29, 0.717) is 0 Å². The fourth-order valence-corrected chi connectivity index (χ4v) is 1.09. The van der Waals surface area contributed by atoms with Crippen LogP contribution in [-0.2, 0) is 0 Å². The first kappa shape index (κ1) is 11.4. The van der Waals surface area contributed by atoms with Crippen LogP contribution in [0, 0.1) is 0 Å². The number of alkyl halides is 1. The minimum absolute atomic E-state index is 0.0898. The quantitative estimate of drug-likeness (QED) is 0.531. The molecule has 0 aliphatic heterocycles. The lowest BCUT2D eigenvalue weighted by Crippen LogP contribution is -2.13. The van der Waals surface area contributed by atoms with Crippen LogP contribution < -0.4 is 0 Å². The van der Waals surface area contributed by atoms with Crippen LogP contribution in [0.4, 0.5) is 0 Å². The maximum atomic E-state index is 3.63. The summed E-state index contributed by atoms with van der Waals surface area (Å²) in [5.41, 5.74) is 0. The van der Waals surface area contributed by atoms with E-state index < -0.39 is 0 Å². The Balaban J connectivity index is 4.33. The fourth-order valence-electron chi connectivity index (χ4n) is 0.523. The van der Waals surface area contributed by atoms with Gasteiger partial charge in [0.1, 0.15) is 0 Å². The SMILES string of the molecule is C/C=C\C=C(/Br)C(C)(Br)CC. The predicted octanol–water partition coefficient (Wildman–Crippen LogP) is 4.40. The molecule has 0 spiro atoms. The van der Waals surface area contributed by atoms with Gasteiger partial charge in [-0.05, 0) is 20.3 Å². The molecule has 0 aliphatic rings. The van der Waals surface area contributed by atoms with Gasteiger partial charge in [-0.2, -0.15) is 0 Å². The molecule has 0 heterocycles. The van der Waals surface area contributed by atoms with Crippen molar-refractivity contribution in [1.29, 1.82) is 0 Å². The zero-order valence-corrected chi connectivity index (χ0v) is 10.4. The number of rotatable bonds is 3. The molecule has 11 heavy (non-hydrogen) atoms. The van der Waals surface area contributed by atoms with E-state index in [1.165, 1.54) is 4.48 Å². The van der Waals surface area contributed by atoms with E-state index in [2.05, 4.69) is 51.8 Å². The van der Waals surface area contributed by atoms with Crippen molar-refractivity contribution in [3.8, 4) is 0 Å². The molecule has 1 atom stereocenters. The first-order valence-corrected chi connectivity index (χ1v) is 5.31. The highest BCUT2D eigenvalue weighted by Gasteiger charge is 2.20. The number of halogens is 2. The predicted molar refractivity (Wildman–Crippen MR) is 59.4 cm³/mol. The van der Waals surface area contributed by atoms with Crippen LogP contribution in [-0.4, -0.2) is 4.32 Å². The van der Waals surface area contributed by atoms with E-state index in [9.17, 15) is 0 Å². The lowest BCUT2D eigenvalue weighted by atomic mass is 10.1. The Morgan fingerprint density at radius 1 is 1.55 bits per heavy atom. The Kier molecular flexibility index (Phi) is 5.36. The van der Waals surface area contributed by atoms with Crippen molar-refractivity contribution in [3.05, 3.63) is 22.7 Å². The second-order valence-electron chi connectivity index (χ2n) is 2.59. The molecule has 0 saturated heterocycles. The summed E-state index contributed by atoms with van der Waals surface area (Å²) in [6, 6.07) is 0. The summed E-state index contributed by atoms with van der Waals surface area (Å²) in [7, 11) is 0. The van der Waals surface area contributed by atoms with Crippen molar-refractivity contribution >= 4 is 31.9 Å². The Labute approximate surface area is 86.0 Å². The van der Waals surface area contributed by atoms with Gasteiger partial charge in [0.2, 0.25) is 0 Å². The Bertz CT molecular complexity index is 166. The standard InChI is InChI=1S/C9H14Br2/c1-4-6-7-8(10)9(3,11)5-2/h4,6-7H,5H2,1-3H3/b6-4-,8-7-. The summed E-state index contributed by atoms with van der Waals surface area (Å²) in [5.74, 6) is 0. The molecule has 0 rings (SSSR count). The van der Waals surface area contributed by atoms with E-state index in [1.54, 1.807) is 0 Å². The van der Waals surface area contributed by atoms with Crippen molar-refractivity contribution in [1.82, 2.24) is 0 Å². The molecule has 0 aromatic heterocycles. The van der Waals surface area contributed by atoms with Crippen LogP contribution in [0.15, 0.2) is 22.7 Å². The summed E-state index contributed by atoms with van der Waals surface area (Å²) in [6.45, 7) is 6.31. The Morgan fingerprint density at radius 3 is 2.45 bits per heavy atom. The number of allylic oxidation sites excluding steroid dienone is 4. The van der Waals surface area contributed by atoms with Crippen molar-refractivity contribution in [2.45, 2.75) is 31.5 Å². The molecule has 0 saturated carbocycles. The average molecular weight is 282 g/mol. The molecule has 1 unspecified atom stereocenters. The van der Waals surface area contributed by atoms with Gasteiger partial charge in [0.05, 0.1) is 4.32 Å². The summed E-state index contributed by atoms with van der Waals surface area (Å²) in [5, 5.41) is 0. The van der Waals surface area contributed by atoms with Gasteiger partial charge in [-0.1, -0.05) is 57.0 Å². The second kappa shape index (κ2) is 5.15. The summed E-state index contributed by atoms with van der Waals surface area (Å²) >= 11 is 7.15. The summed E-state index contributed by atoms with van der Waals surface area (Å²) in [4.78, 5) is 0. The van der Waals surface area contributed by atoms with Gasteiger partial charge >= 0.3 is 0 Å². The van der Waals surface area contributed by atoms with Crippen LogP contribution >= 0.6 is 31.9 Å². The minimum atomic E-state index is 0.0898. The van der Waals surface area contributed by atoms with Crippen LogP contribution in [0.5, 0.6) is 0 Å². The van der Waals surface area contributed by atoms with E-state index in [1.807, 2.05) is 19.1 Å². The third-order valence-electron chi connectivity index (χ3n) is 1.60. The van der Waals surface area contributed by atoms with Crippen LogP contribution in [0.1, 0.15) is 27.2 Å². The first-order chi connectivity index (χ1) is 5.04. The van der Waals surface area contributed by atoms with Gasteiger partial charge in [0, 0.05) is 4.48 Å². The van der Waals surface area contributed by atoms with Crippen molar-refractivity contribution in [2.24, 2.45) is 0 Å². The van der Waals surface area contributed by atoms with Gasteiger partial charge in [0.25, 0.3) is 0 Å². The smallest absolute Gasteiger partial charge is 0.0540 e. The Morgan fingerprint density at radius 2 is 2.09 bits per heavy atom. The van der Waals surface area contributed by atoms with E-state index in [4.69, 9.17) is 0 Å². The molecule has 0 aromatic carbocycles. The van der Waals surface area contributed by atoms with E-state index in [0.717, 1.165) is 6.42 Å². The van der Waals surface area contributed by atoms with Gasteiger partial charge in [-0.3, -0.25) is 0 Å². The highest BCUT2D eigenvalue weighted by molar-refractivity contribution is 9.14. The molecular formula is C9H14Br2. The molecule has 0 fully saturated rings. The van der Waals surface area contributed by atoms with Crippen LogP contribution in [0.2, 0.25) is 0 Å². The molecule has 0 bridgehead atoms. The van der Waals surface area contributed by atoms with Crippen molar-refractivity contribution < 1.29 is 0 Å². The lowest BCUT2D eigenvalue weighted by Gasteiger charge is -2.19. The molecule has 0 radical (unpaired) electrons. The molecule has 0 aliphatic carbocycles. The first-order valence-electron chi connectivity index (χ1n) is 3.72. The molecule has 0 aromatic rings. The fraction of sp³-hybridized carbons (Fsp3) is 0.556. The number of hydrogen-bond acceptors (Lipinski definition) is 0. The normalized spacial score (nSPS) is 18.8. The maximum absolute atomic E-state index is 3.63. The zero-order chi connectivity index (χ0) is 8.91. The highest BCUT2D eigenvalue weighted by Crippen LogP contribution is 2.34. The molecule has 0 N–H and O–H groups in total. The van der Waals surface area contributed by atoms with Crippen LogP contribution in [0.3, 0.4) is 0 Å². The molecule has 2 heteroatoms. The lowest BCUT2D eigenvalue weighted by molar-refractivity contribution is 0.763. The second-order valence-corrected chi connectivity index (χ2v) is 5.20. The molecular weight excluding hydrogens is 268 g/mol. The van der Waals surface area contributed by atoms with Gasteiger partial charge in [0.15, 0.2) is 0 Å². The maximum Gasteiger partial charge on any atom is 0.0540 e. The van der Waals surface area contributed by atoms with Crippen molar-refractivity contribution in [3.63, 3.8) is 0 Å². The van der Waals surface area contributed by atoms with E-state index >= 15 is 0 Å². The molecule has 64 valence electrons. The summed E-state index contributed by atoms with van der Waals surface area (Å²) in [6.07, 6.45) is 7.18. The van der Waals surface area contributed by atoms with Crippen LogP contribution in [0.25, 0.3) is 0 Å². The van der Waals surface area contributed by atoms with Gasteiger partial charge in [-0.15, -0.1) is 0 Å². The third-order valence-corrected chi connectivity index (χ3v) is 4.26. The monoisotopic (exact) mass is 280 g/mol. The van der Waals surface area contributed by atoms with Crippen molar-refractivity contribution in [2.75, 3.05) is 0 Å².